The third kappa shape index (κ3) is 4.17. The minimum atomic E-state index is -1.14. The Kier molecular flexibility index (Phi) is 4.92. The van der Waals surface area contributed by atoms with Crippen molar-refractivity contribution in [2.45, 2.75) is 38.4 Å². The van der Waals surface area contributed by atoms with Crippen molar-refractivity contribution in [3.05, 3.63) is 59.7 Å². The first-order valence-electron chi connectivity index (χ1n) is 8.75. The van der Waals surface area contributed by atoms with Gasteiger partial charge >= 0.3 is 0 Å². The van der Waals surface area contributed by atoms with E-state index in [0.29, 0.717) is 11.5 Å². The summed E-state index contributed by atoms with van der Waals surface area (Å²) in [5, 5.41) is 13.2. The van der Waals surface area contributed by atoms with Crippen LogP contribution in [-0.4, -0.2) is 29.8 Å². The number of nitrogens with one attached hydrogen (secondary N) is 1. The van der Waals surface area contributed by atoms with Crippen LogP contribution in [0.4, 0.5) is 0 Å². The summed E-state index contributed by atoms with van der Waals surface area (Å²) < 4.78 is 11.6. The van der Waals surface area contributed by atoms with Gasteiger partial charge in [0.25, 0.3) is 5.91 Å². The van der Waals surface area contributed by atoms with Gasteiger partial charge in [0.05, 0.1) is 6.54 Å². The molecule has 1 aliphatic heterocycles. The van der Waals surface area contributed by atoms with Crippen LogP contribution in [0.5, 0.6) is 11.5 Å². The maximum atomic E-state index is 12.1. The van der Waals surface area contributed by atoms with Crippen LogP contribution in [-0.2, 0) is 16.8 Å². The van der Waals surface area contributed by atoms with E-state index in [2.05, 4.69) is 5.32 Å². The molecular weight excluding hydrogens is 330 g/mol. The lowest BCUT2D eigenvalue weighted by atomic mass is 9.96. The maximum Gasteiger partial charge on any atom is 0.258 e. The monoisotopic (exact) mass is 355 g/mol. The lowest BCUT2D eigenvalue weighted by molar-refractivity contribution is -0.124. The zero-order chi connectivity index (χ0) is 18.8. The largest absolute Gasteiger partial charge is 0.483 e. The topological polar surface area (TPSA) is 67.8 Å². The molecule has 0 aromatic heterocycles. The molecule has 5 nitrogen and oxygen atoms in total. The van der Waals surface area contributed by atoms with Crippen molar-refractivity contribution >= 4 is 5.91 Å². The average Bonchev–Trinajstić information content (AvgIpc) is 2.93. The van der Waals surface area contributed by atoms with Gasteiger partial charge in [-0.25, -0.2) is 0 Å². The average molecular weight is 355 g/mol. The Morgan fingerprint density at radius 1 is 1.23 bits per heavy atom. The highest BCUT2D eigenvalue weighted by Crippen LogP contribution is 2.41. The van der Waals surface area contributed by atoms with Gasteiger partial charge in [-0.1, -0.05) is 42.5 Å². The first-order chi connectivity index (χ1) is 12.3. The lowest BCUT2D eigenvalue weighted by Crippen LogP contribution is -2.40. The van der Waals surface area contributed by atoms with E-state index in [4.69, 9.17) is 9.47 Å². The third-order valence-corrected chi connectivity index (χ3v) is 4.44. The fourth-order valence-electron chi connectivity index (χ4n) is 3.07. The van der Waals surface area contributed by atoms with E-state index < -0.39 is 5.60 Å². The van der Waals surface area contributed by atoms with Gasteiger partial charge in [-0.2, -0.15) is 0 Å². The van der Waals surface area contributed by atoms with E-state index in [-0.39, 0.29) is 24.7 Å². The Morgan fingerprint density at radius 3 is 2.69 bits per heavy atom. The minimum Gasteiger partial charge on any atom is -0.483 e. The predicted octanol–water partition coefficient (Wildman–Crippen LogP) is 2.80. The molecule has 138 valence electrons. The van der Waals surface area contributed by atoms with Crippen molar-refractivity contribution in [2.75, 3.05) is 13.2 Å². The van der Waals surface area contributed by atoms with E-state index in [1.807, 2.05) is 56.3 Å². The molecule has 0 radical (unpaired) electrons. The molecule has 1 amide bonds. The summed E-state index contributed by atoms with van der Waals surface area (Å²) in [5.74, 6) is 0.982. The Labute approximate surface area is 153 Å². The maximum absolute atomic E-state index is 12.1. The van der Waals surface area contributed by atoms with Crippen LogP contribution in [0.3, 0.4) is 0 Å². The van der Waals surface area contributed by atoms with Crippen molar-refractivity contribution in [1.29, 1.82) is 0 Å². The number of hydrogen-bond acceptors (Lipinski definition) is 4. The first-order valence-corrected chi connectivity index (χ1v) is 8.75. The molecule has 1 aliphatic rings. The Balaban J connectivity index is 1.55. The van der Waals surface area contributed by atoms with Crippen LogP contribution >= 0.6 is 0 Å². The van der Waals surface area contributed by atoms with Crippen molar-refractivity contribution in [2.24, 2.45) is 0 Å². The van der Waals surface area contributed by atoms with Crippen LogP contribution in [0.2, 0.25) is 0 Å². The molecule has 5 heteroatoms. The summed E-state index contributed by atoms with van der Waals surface area (Å²) in [7, 11) is 0. The van der Waals surface area contributed by atoms with Gasteiger partial charge in [0, 0.05) is 12.0 Å². The van der Waals surface area contributed by atoms with E-state index in [0.717, 1.165) is 17.5 Å². The highest BCUT2D eigenvalue weighted by Gasteiger charge is 2.32. The molecular formula is C21H25NO4. The number of aliphatic hydroxyl groups is 1. The summed E-state index contributed by atoms with van der Waals surface area (Å²) in [4.78, 5) is 12.1. The van der Waals surface area contributed by atoms with E-state index >= 15 is 0 Å². The van der Waals surface area contributed by atoms with Crippen LogP contribution in [0.15, 0.2) is 48.5 Å². The normalized spacial score (nSPS) is 16.9. The van der Waals surface area contributed by atoms with Crippen LogP contribution in [0, 0.1) is 0 Å². The summed E-state index contributed by atoms with van der Waals surface area (Å²) in [5.41, 5.74) is 0.425. The fraction of sp³-hybridized carbons (Fsp3) is 0.381. The Hall–Kier alpha value is -2.53. The Bertz CT molecular complexity index is 784. The third-order valence-electron chi connectivity index (χ3n) is 4.44. The lowest BCUT2D eigenvalue weighted by Gasteiger charge is -2.24. The number of carbonyl (C=O) groups is 1. The fourth-order valence-corrected chi connectivity index (χ4v) is 3.07. The second kappa shape index (κ2) is 7.00. The first kappa shape index (κ1) is 18.3. The molecule has 1 unspecified atom stereocenters. The quantitative estimate of drug-likeness (QED) is 0.836. The van der Waals surface area contributed by atoms with Gasteiger partial charge in [-0.05, 0) is 32.4 Å². The molecule has 0 aliphatic carbocycles. The van der Waals surface area contributed by atoms with E-state index in [1.165, 1.54) is 0 Å². The number of amides is 1. The molecule has 2 N–H and O–H groups in total. The predicted molar refractivity (Wildman–Crippen MR) is 99.4 cm³/mol. The summed E-state index contributed by atoms with van der Waals surface area (Å²) in [6, 6.07) is 15.0. The van der Waals surface area contributed by atoms with Gasteiger partial charge in [0.1, 0.15) is 11.2 Å². The molecule has 0 spiro atoms. The molecule has 1 atom stereocenters. The van der Waals surface area contributed by atoms with Crippen molar-refractivity contribution < 1.29 is 19.4 Å². The van der Waals surface area contributed by atoms with Gasteiger partial charge in [-0.15, -0.1) is 0 Å². The molecule has 0 saturated heterocycles. The highest BCUT2D eigenvalue weighted by atomic mass is 16.5. The number of ether oxygens (including phenoxy) is 2. The number of benzene rings is 2. The summed E-state index contributed by atoms with van der Waals surface area (Å²) >= 11 is 0. The number of hydrogen-bond donors (Lipinski definition) is 2. The van der Waals surface area contributed by atoms with Crippen LogP contribution in [0.25, 0.3) is 0 Å². The summed E-state index contributed by atoms with van der Waals surface area (Å²) in [6.45, 7) is 5.69. The van der Waals surface area contributed by atoms with Crippen LogP contribution < -0.4 is 14.8 Å². The zero-order valence-electron chi connectivity index (χ0n) is 15.4. The van der Waals surface area contributed by atoms with Crippen LogP contribution in [0.1, 0.15) is 31.9 Å². The second-order valence-corrected chi connectivity index (χ2v) is 7.49. The smallest absolute Gasteiger partial charge is 0.258 e. The molecule has 2 aromatic rings. The van der Waals surface area contributed by atoms with Gasteiger partial charge in [0.2, 0.25) is 0 Å². The highest BCUT2D eigenvalue weighted by molar-refractivity contribution is 5.77. The number of rotatable bonds is 6. The minimum absolute atomic E-state index is 0.107. The van der Waals surface area contributed by atoms with Crippen molar-refractivity contribution in [3.63, 3.8) is 0 Å². The molecule has 0 bridgehead atoms. The van der Waals surface area contributed by atoms with Gasteiger partial charge in [-0.3, -0.25) is 4.79 Å². The van der Waals surface area contributed by atoms with Gasteiger partial charge in [0.15, 0.2) is 18.1 Å². The molecule has 3 rings (SSSR count). The molecule has 0 fully saturated rings. The molecule has 2 aromatic carbocycles. The molecule has 1 heterocycles. The number of carbonyl (C=O) groups excluding carboxylic acids is 1. The van der Waals surface area contributed by atoms with E-state index in [1.54, 1.807) is 13.0 Å². The summed E-state index contributed by atoms with van der Waals surface area (Å²) in [6.07, 6.45) is 0.811. The van der Waals surface area contributed by atoms with Crippen molar-refractivity contribution in [3.8, 4) is 11.5 Å². The standard InChI is InChI=1S/C21H25NO4/c1-20(2)12-15-8-7-11-17(19(15)26-20)25-13-18(23)22-14-21(3,24)16-9-5-4-6-10-16/h4-11,24H,12-14H2,1-3H3,(H,22,23). The number of fused-ring (bicyclic) bond motifs is 1. The number of para-hydroxylation sites is 1. The van der Waals surface area contributed by atoms with Crippen molar-refractivity contribution in [1.82, 2.24) is 5.32 Å². The molecule has 0 saturated carbocycles. The van der Waals surface area contributed by atoms with E-state index in [9.17, 15) is 9.90 Å². The zero-order valence-corrected chi connectivity index (χ0v) is 15.4. The molecule has 26 heavy (non-hydrogen) atoms. The van der Waals surface area contributed by atoms with Gasteiger partial charge < -0.3 is 19.9 Å². The second-order valence-electron chi connectivity index (χ2n) is 7.49. The SMILES string of the molecule is CC1(C)Cc2cccc(OCC(=O)NCC(C)(O)c3ccccc3)c2O1. The Morgan fingerprint density at radius 2 is 1.96 bits per heavy atom.